The van der Waals surface area contributed by atoms with Crippen LogP contribution in [0.2, 0.25) is 5.02 Å². The van der Waals surface area contributed by atoms with Gasteiger partial charge in [0.15, 0.2) is 0 Å². The van der Waals surface area contributed by atoms with Crippen molar-refractivity contribution in [2.75, 3.05) is 0 Å². The minimum absolute atomic E-state index is 0.0513. The summed E-state index contributed by atoms with van der Waals surface area (Å²) in [5.41, 5.74) is 1.35. The smallest absolute Gasteiger partial charge is 0.388 e. The topological polar surface area (TPSA) is 22.1 Å². The van der Waals surface area contributed by atoms with Crippen LogP contribution in [0.3, 0.4) is 0 Å². The summed E-state index contributed by atoms with van der Waals surface area (Å²) in [5.74, 6) is -1.51. The van der Waals surface area contributed by atoms with Crippen LogP contribution in [0.1, 0.15) is 16.7 Å². The molecule has 130 valence electrons. The molecule has 0 atom stereocenters. The standard InChI is InChI=1S/C18H12ClF4NO/c1-9-12-3-2-4-15(21)16(12)24-17(25-18(22)23)13(9)7-10-5-6-11(20)8-14(10)19/h2-6,8,18H,7H2,1H3. The molecule has 1 aromatic heterocycles. The highest BCUT2D eigenvalue weighted by molar-refractivity contribution is 6.31. The highest BCUT2D eigenvalue weighted by atomic mass is 35.5. The van der Waals surface area contributed by atoms with Crippen LogP contribution >= 0.6 is 11.6 Å². The van der Waals surface area contributed by atoms with Crippen molar-refractivity contribution in [2.24, 2.45) is 0 Å². The van der Waals surface area contributed by atoms with Crippen molar-refractivity contribution in [3.8, 4) is 5.88 Å². The van der Waals surface area contributed by atoms with E-state index in [1.807, 2.05) is 0 Å². The van der Waals surface area contributed by atoms with Crippen LogP contribution in [-0.2, 0) is 6.42 Å². The average Bonchev–Trinajstić information content (AvgIpc) is 2.53. The fourth-order valence-corrected chi connectivity index (χ4v) is 2.90. The average molecular weight is 370 g/mol. The highest BCUT2D eigenvalue weighted by Gasteiger charge is 2.19. The lowest BCUT2D eigenvalue weighted by Gasteiger charge is -2.16. The molecule has 1 heterocycles. The molecular weight excluding hydrogens is 358 g/mol. The molecule has 0 N–H and O–H groups in total. The van der Waals surface area contributed by atoms with Crippen molar-refractivity contribution in [1.29, 1.82) is 0 Å². The summed E-state index contributed by atoms with van der Waals surface area (Å²) >= 11 is 6.02. The lowest BCUT2D eigenvalue weighted by Crippen LogP contribution is -2.09. The van der Waals surface area contributed by atoms with Gasteiger partial charge < -0.3 is 4.74 Å². The van der Waals surface area contributed by atoms with Crippen molar-refractivity contribution in [3.05, 3.63) is 69.7 Å². The summed E-state index contributed by atoms with van der Waals surface area (Å²) in [7, 11) is 0. The largest absolute Gasteiger partial charge is 0.417 e. The summed E-state index contributed by atoms with van der Waals surface area (Å²) in [4.78, 5) is 3.92. The molecule has 25 heavy (non-hydrogen) atoms. The first-order valence-corrected chi connectivity index (χ1v) is 7.71. The van der Waals surface area contributed by atoms with Crippen LogP contribution in [0.25, 0.3) is 10.9 Å². The number of alkyl halides is 2. The predicted octanol–water partition coefficient (Wildman–Crippen LogP) is 5.67. The number of aryl methyl sites for hydroxylation is 1. The molecular formula is C18H12ClF4NO. The Labute approximate surface area is 146 Å². The Kier molecular flexibility index (Phi) is 4.81. The zero-order valence-electron chi connectivity index (χ0n) is 13.0. The third kappa shape index (κ3) is 3.54. The van der Waals surface area contributed by atoms with Gasteiger partial charge in [-0.1, -0.05) is 29.8 Å². The van der Waals surface area contributed by atoms with Gasteiger partial charge in [0.25, 0.3) is 0 Å². The van der Waals surface area contributed by atoms with Gasteiger partial charge in [0.1, 0.15) is 17.2 Å². The van der Waals surface area contributed by atoms with E-state index in [0.717, 1.165) is 6.07 Å². The highest BCUT2D eigenvalue weighted by Crippen LogP contribution is 2.33. The Hall–Kier alpha value is -2.34. The van der Waals surface area contributed by atoms with Gasteiger partial charge in [-0.25, -0.2) is 13.8 Å². The minimum Gasteiger partial charge on any atom is -0.417 e. The number of halogens is 5. The van der Waals surface area contributed by atoms with Crippen LogP contribution < -0.4 is 4.74 Å². The van der Waals surface area contributed by atoms with E-state index in [-0.39, 0.29) is 22.8 Å². The molecule has 0 aliphatic carbocycles. The maximum atomic E-state index is 14.0. The normalized spacial score (nSPS) is 11.3. The third-order valence-corrected chi connectivity index (χ3v) is 4.25. The molecule has 0 aliphatic rings. The first-order chi connectivity index (χ1) is 11.9. The van der Waals surface area contributed by atoms with E-state index in [4.69, 9.17) is 11.6 Å². The second kappa shape index (κ2) is 6.88. The van der Waals surface area contributed by atoms with Crippen LogP contribution in [0, 0.1) is 18.6 Å². The summed E-state index contributed by atoms with van der Waals surface area (Å²) in [6.45, 7) is -1.45. The van der Waals surface area contributed by atoms with Gasteiger partial charge >= 0.3 is 6.61 Å². The van der Waals surface area contributed by atoms with Crippen molar-refractivity contribution in [2.45, 2.75) is 20.0 Å². The van der Waals surface area contributed by atoms with E-state index < -0.39 is 18.2 Å². The van der Waals surface area contributed by atoms with E-state index in [1.165, 1.54) is 24.3 Å². The van der Waals surface area contributed by atoms with Gasteiger partial charge in [-0.3, -0.25) is 0 Å². The van der Waals surface area contributed by atoms with Gasteiger partial charge in [0.2, 0.25) is 5.88 Å². The monoisotopic (exact) mass is 369 g/mol. The first kappa shape index (κ1) is 17.5. The van der Waals surface area contributed by atoms with E-state index in [1.54, 1.807) is 13.0 Å². The molecule has 0 saturated heterocycles. The first-order valence-electron chi connectivity index (χ1n) is 7.33. The molecule has 7 heteroatoms. The zero-order valence-corrected chi connectivity index (χ0v) is 13.7. The molecule has 2 nitrogen and oxygen atoms in total. The Morgan fingerprint density at radius 1 is 1.16 bits per heavy atom. The van der Waals surface area contributed by atoms with Gasteiger partial charge in [-0.15, -0.1) is 0 Å². The molecule has 3 aromatic rings. The number of fused-ring (bicyclic) bond motifs is 1. The maximum Gasteiger partial charge on any atom is 0.388 e. The van der Waals surface area contributed by atoms with Crippen LogP contribution in [0.15, 0.2) is 36.4 Å². The molecule has 0 aliphatic heterocycles. The van der Waals surface area contributed by atoms with Crippen molar-refractivity contribution < 1.29 is 22.3 Å². The molecule has 0 radical (unpaired) electrons. The van der Waals surface area contributed by atoms with Crippen molar-refractivity contribution >= 4 is 22.5 Å². The fraction of sp³-hybridized carbons (Fsp3) is 0.167. The second-order valence-electron chi connectivity index (χ2n) is 5.45. The summed E-state index contributed by atoms with van der Waals surface area (Å²) < 4.78 is 57.2. The number of pyridine rings is 1. The summed E-state index contributed by atoms with van der Waals surface area (Å²) in [6.07, 6.45) is 0.0897. The fourth-order valence-electron chi connectivity index (χ4n) is 2.67. The molecule has 2 aromatic carbocycles. The second-order valence-corrected chi connectivity index (χ2v) is 5.85. The van der Waals surface area contributed by atoms with Crippen LogP contribution in [0.5, 0.6) is 5.88 Å². The Balaban J connectivity index is 2.19. The van der Waals surface area contributed by atoms with Gasteiger partial charge in [-0.05, 0) is 36.2 Å². The Bertz CT molecular complexity index is 946. The third-order valence-electron chi connectivity index (χ3n) is 3.90. The molecule has 3 rings (SSSR count). The number of para-hydroxylation sites is 1. The van der Waals surface area contributed by atoms with Crippen LogP contribution in [-0.4, -0.2) is 11.6 Å². The SMILES string of the molecule is Cc1c(Cc2ccc(F)cc2Cl)c(OC(F)F)nc2c(F)cccc12. The number of benzene rings is 2. The van der Waals surface area contributed by atoms with E-state index in [2.05, 4.69) is 9.72 Å². The Morgan fingerprint density at radius 2 is 1.92 bits per heavy atom. The van der Waals surface area contributed by atoms with E-state index >= 15 is 0 Å². The van der Waals surface area contributed by atoms with E-state index in [0.29, 0.717) is 22.1 Å². The maximum absolute atomic E-state index is 14.0. The van der Waals surface area contributed by atoms with Gasteiger partial charge in [0, 0.05) is 22.4 Å². The predicted molar refractivity (Wildman–Crippen MR) is 87.3 cm³/mol. The number of aromatic nitrogens is 1. The van der Waals surface area contributed by atoms with Crippen molar-refractivity contribution in [3.63, 3.8) is 0 Å². The number of rotatable bonds is 4. The number of ether oxygens (including phenoxy) is 1. The lowest BCUT2D eigenvalue weighted by atomic mass is 9.98. The van der Waals surface area contributed by atoms with Crippen LogP contribution in [0.4, 0.5) is 17.6 Å². The Morgan fingerprint density at radius 3 is 2.60 bits per heavy atom. The molecule has 0 unspecified atom stereocenters. The minimum atomic E-state index is -3.11. The van der Waals surface area contributed by atoms with E-state index in [9.17, 15) is 17.6 Å². The summed E-state index contributed by atoms with van der Waals surface area (Å²) in [5, 5.41) is 0.636. The lowest BCUT2D eigenvalue weighted by molar-refractivity contribution is -0.0532. The van der Waals surface area contributed by atoms with Gasteiger partial charge in [0.05, 0.1) is 0 Å². The molecule has 0 fully saturated rings. The van der Waals surface area contributed by atoms with Gasteiger partial charge in [-0.2, -0.15) is 8.78 Å². The zero-order chi connectivity index (χ0) is 18.1. The molecule has 0 spiro atoms. The number of nitrogens with zero attached hydrogens (tertiary/aromatic N) is 1. The summed E-state index contributed by atoms with van der Waals surface area (Å²) in [6, 6.07) is 8.15. The number of hydrogen-bond acceptors (Lipinski definition) is 2. The molecule has 0 amide bonds. The number of hydrogen-bond donors (Lipinski definition) is 0. The molecule has 0 bridgehead atoms. The quantitative estimate of drug-likeness (QED) is 0.553. The molecule has 0 saturated carbocycles. The van der Waals surface area contributed by atoms with Crippen molar-refractivity contribution in [1.82, 2.24) is 4.98 Å².